The van der Waals surface area contributed by atoms with Crippen molar-refractivity contribution in [2.75, 3.05) is 11.9 Å². The molecule has 0 aliphatic carbocycles. The largest absolute Gasteiger partial charge is 0.370 e. The fourth-order valence-corrected chi connectivity index (χ4v) is 2.13. The topological polar surface area (TPSA) is 68.1 Å². The minimum absolute atomic E-state index is 0.0551. The number of benzene rings is 1. The molecule has 0 saturated carbocycles. The number of pyridine rings is 1. The van der Waals surface area contributed by atoms with E-state index in [1.54, 1.807) is 0 Å². The summed E-state index contributed by atoms with van der Waals surface area (Å²) in [6.07, 6.45) is 0.934. The number of nitro groups is 1. The van der Waals surface area contributed by atoms with Crippen LogP contribution in [0.15, 0.2) is 30.3 Å². The van der Waals surface area contributed by atoms with E-state index in [4.69, 9.17) is 0 Å². The van der Waals surface area contributed by atoms with Crippen molar-refractivity contribution < 1.29 is 4.92 Å². The Hall–Kier alpha value is -2.43. The molecule has 0 saturated heterocycles. The van der Waals surface area contributed by atoms with Crippen molar-refractivity contribution in [2.24, 2.45) is 0 Å². The molecule has 0 spiro atoms. The summed E-state index contributed by atoms with van der Waals surface area (Å²) in [5.74, 6) is 0.543. The van der Waals surface area contributed by atoms with Crippen molar-refractivity contribution in [1.29, 1.82) is 0 Å². The van der Waals surface area contributed by atoms with E-state index in [1.807, 2.05) is 39.0 Å². The van der Waals surface area contributed by atoms with Gasteiger partial charge >= 0.3 is 0 Å². The number of rotatable bonds is 5. The highest BCUT2D eigenvalue weighted by Crippen LogP contribution is 2.28. The summed E-state index contributed by atoms with van der Waals surface area (Å²) >= 11 is 0. The summed E-state index contributed by atoms with van der Waals surface area (Å²) < 4.78 is 0. The van der Waals surface area contributed by atoms with Gasteiger partial charge in [-0.05, 0) is 31.4 Å². The third kappa shape index (κ3) is 3.37. The molecular formula is C16H19N3O2. The Kier molecular flexibility index (Phi) is 4.52. The van der Waals surface area contributed by atoms with Crippen LogP contribution in [0, 0.1) is 24.0 Å². The summed E-state index contributed by atoms with van der Waals surface area (Å²) in [7, 11) is 0. The predicted octanol–water partition coefficient (Wildman–Crippen LogP) is 4.10. The van der Waals surface area contributed by atoms with Crippen LogP contribution < -0.4 is 5.32 Å². The standard InChI is InChI=1S/C16H19N3O2/c1-4-8-17-16-10-13(19(20)21)9-15(18-16)14-7-5-6-11(2)12(14)3/h5-7,9-10H,4,8H2,1-3H3,(H,17,18). The molecule has 0 atom stereocenters. The summed E-state index contributed by atoms with van der Waals surface area (Å²) in [6, 6.07) is 8.91. The lowest BCUT2D eigenvalue weighted by Gasteiger charge is -2.10. The quantitative estimate of drug-likeness (QED) is 0.663. The SMILES string of the molecule is CCCNc1cc([N+](=O)[O-])cc(-c2cccc(C)c2C)n1. The first-order valence-corrected chi connectivity index (χ1v) is 7.00. The molecular weight excluding hydrogens is 266 g/mol. The van der Waals surface area contributed by atoms with Crippen LogP contribution in [0.5, 0.6) is 0 Å². The highest BCUT2D eigenvalue weighted by Gasteiger charge is 2.14. The minimum atomic E-state index is -0.382. The molecule has 1 aromatic heterocycles. The summed E-state index contributed by atoms with van der Waals surface area (Å²) in [5, 5.41) is 14.2. The molecule has 0 fully saturated rings. The van der Waals surface area contributed by atoms with Crippen molar-refractivity contribution in [3.05, 3.63) is 51.6 Å². The van der Waals surface area contributed by atoms with Gasteiger partial charge in [-0.1, -0.05) is 25.1 Å². The Balaban J connectivity index is 2.54. The summed E-state index contributed by atoms with van der Waals surface area (Å²) in [5.41, 5.74) is 3.84. The fourth-order valence-electron chi connectivity index (χ4n) is 2.13. The number of nitrogens with zero attached hydrogens (tertiary/aromatic N) is 2. The third-order valence-electron chi connectivity index (χ3n) is 3.46. The summed E-state index contributed by atoms with van der Waals surface area (Å²) in [6.45, 7) is 6.80. The van der Waals surface area contributed by atoms with E-state index in [0.717, 1.165) is 29.7 Å². The smallest absolute Gasteiger partial charge is 0.275 e. The molecule has 0 unspecified atom stereocenters. The maximum Gasteiger partial charge on any atom is 0.275 e. The molecule has 5 nitrogen and oxygen atoms in total. The Morgan fingerprint density at radius 2 is 2.05 bits per heavy atom. The van der Waals surface area contributed by atoms with Crippen molar-refractivity contribution in [2.45, 2.75) is 27.2 Å². The van der Waals surface area contributed by atoms with Crippen molar-refractivity contribution in [1.82, 2.24) is 4.98 Å². The van der Waals surface area contributed by atoms with E-state index in [1.165, 1.54) is 12.1 Å². The van der Waals surface area contributed by atoms with Crippen LogP contribution >= 0.6 is 0 Å². The Morgan fingerprint density at radius 1 is 1.29 bits per heavy atom. The normalized spacial score (nSPS) is 10.4. The first-order chi connectivity index (χ1) is 10.0. The van der Waals surface area contributed by atoms with E-state index in [2.05, 4.69) is 10.3 Å². The number of hydrogen-bond acceptors (Lipinski definition) is 4. The van der Waals surface area contributed by atoms with Gasteiger partial charge in [0, 0.05) is 18.2 Å². The van der Waals surface area contributed by atoms with Gasteiger partial charge in [-0.15, -0.1) is 0 Å². The zero-order valence-corrected chi connectivity index (χ0v) is 12.5. The van der Waals surface area contributed by atoms with E-state index in [9.17, 15) is 10.1 Å². The maximum absolute atomic E-state index is 11.1. The van der Waals surface area contributed by atoms with Gasteiger partial charge in [-0.3, -0.25) is 10.1 Å². The summed E-state index contributed by atoms with van der Waals surface area (Å²) in [4.78, 5) is 15.2. The second-order valence-electron chi connectivity index (χ2n) is 5.03. The lowest BCUT2D eigenvalue weighted by atomic mass is 10.0. The molecule has 21 heavy (non-hydrogen) atoms. The number of aromatic nitrogens is 1. The second-order valence-corrected chi connectivity index (χ2v) is 5.03. The van der Waals surface area contributed by atoms with Gasteiger partial charge in [-0.25, -0.2) is 4.98 Å². The number of hydrogen-bond donors (Lipinski definition) is 1. The van der Waals surface area contributed by atoms with Gasteiger partial charge in [0.1, 0.15) is 5.82 Å². The third-order valence-corrected chi connectivity index (χ3v) is 3.46. The molecule has 0 aliphatic rings. The molecule has 0 aliphatic heterocycles. The van der Waals surface area contributed by atoms with Crippen LogP contribution in [-0.2, 0) is 0 Å². The number of nitrogens with one attached hydrogen (secondary N) is 1. The highest BCUT2D eigenvalue weighted by atomic mass is 16.6. The zero-order valence-electron chi connectivity index (χ0n) is 12.5. The molecule has 0 bridgehead atoms. The van der Waals surface area contributed by atoms with Crippen LogP contribution in [0.3, 0.4) is 0 Å². The van der Waals surface area contributed by atoms with Crippen molar-refractivity contribution >= 4 is 11.5 Å². The highest BCUT2D eigenvalue weighted by molar-refractivity contribution is 5.69. The monoisotopic (exact) mass is 285 g/mol. The molecule has 110 valence electrons. The van der Waals surface area contributed by atoms with Gasteiger partial charge in [0.2, 0.25) is 0 Å². The molecule has 1 aromatic carbocycles. The zero-order chi connectivity index (χ0) is 15.4. The number of aryl methyl sites for hydroxylation is 1. The van der Waals surface area contributed by atoms with E-state index in [-0.39, 0.29) is 10.6 Å². The van der Waals surface area contributed by atoms with Gasteiger partial charge < -0.3 is 5.32 Å². The molecule has 5 heteroatoms. The van der Waals surface area contributed by atoms with Crippen LogP contribution in [0.1, 0.15) is 24.5 Å². The van der Waals surface area contributed by atoms with Crippen LogP contribution in [0.4, 0.5) is 11.5 Å². The first kappa shape index (κ1) is 15.0. The second kappa shape index (κ2) is 6.35. The average Bonchev–Trinajstić information content (AvgIpc) is 2.47. The first-order valence-electron chi connectivity index (χ1n) is 7.00. The Labute approximate surface area is 124 Å². The van der Waals surface area contributed by atoms with Gasteiger partial charge in [0.05, 0.1) is 16.7 Å². The maximum atomic E-state index is 11.1. The van der Waals surface area contributed by atoms with Crippen LogP contribution in [0.25, 0.3) is 11.3 Å². The predicted molar refractivity (Wildman–Crippen MR) is 84.6 cm³/mol. The molecule has 0 amide bonds. The Bertz CT molecular complexity index is 669. The van der Waals surface area contributed by atoms with E-state index in [0.29, 0.717) is 11.5 Å². The number of anilines is 1. The van der Waals surface area contributed by atoms with Gasteiger partial charge in [0.15, 0.2) is 0 Å². The van der Waals surface area contributed by atoms with Gasteiger partial charge in [-0.2, -0.15) is 0 Å². The minimum Gasteiger partial charge on any atom is -0.370 e. The molecule has 1 heterocycles. The fraction of sp³-hybridized carbons (Fsp3) is 0.312. The van der Waals surface area contributed by atoms with E-state index >= 15 is 0 Å². The van der Waals surface area contributed by atoms with Gasteiger partial charge in [0.25, 0.3) is 5.69 Å². The van der Waals surface area contributed by atoms with Crippen molar-refractivity contribution in [3.63, 3.8) is 0 Å². The molecule has 1 N–H and O–H groups in total. The lowest BCUT2D eigenvalue weighted by molar-refractivity contribution is -0.384. The van der Waals surface area contributed by atoms with Crippen molar-refractivity contribution in [3.8, 4) is 11.3 Å². The Morgan fingerprint density at radius 3 is 2.71 bits per heavy atom. The van der Waals surface area contributed by atoms with Crippen LogP contribution in [0.2, 0.25) is 0 Å². The lowest BCUT2D eigenvalue weighted by Crippen LogP contribution is -2.04. The molecule has 2 aromatic rings. The molecule has 2 rings (SSSR count). The van der Waals surface area contributed by atoms with Crippen LogP contribution in [-0.4, -0.2) is 16.5 Å². The molecule has 0 radical (unpaired) electrons. The van der Waals surface area contributed by atoms with E-state index < -0.39 is 0 Å². The average molecular weight is 285 g/mol.